The van der Waals surface area contributed by atoms with Gasteiger partial charge in [-0.1, -0.05) is 26.7 Å². The van der Waals surface area contributed by atoms with Crippen molar-refractivity contribution in [1.29, 1.82) is 0 Å². The molecule has 0 rings (SSSR count). The number of ether oxygens (including phenoxy) is 1. The van der Waals surface area contributed by atoms with E-state index in [0.717, 1.165) is 19.3 Å². The third kappa shape index (κ3) is 6.43. The normalized spacial score (nSPS) is 14.2. The van der Waals surface area contributed by atoms with E-state index in [1.807, 2.05) is 13.8 Å². The summed E-state index contributed by atoms with van der Waals surface area (Å²) in [5.74, 6) is -1.91. The summed E-state index contributed by atoms with van der Waals surface area (Å²) < 4.78 is 5.06. The topological polar surface area (TPSA) is 63.6 Å². The van der Waals surface area contributed by atoms with Crippen LogP contribution in [0.1, 0.15) is 52.9 Å². The van der Waals surface area contributed by atoms with Gasteiger partial charge in [0.05, 0.1) is 18.4 Å². The van der Waals surface area contributed by atoms with Crippen LogP contribution in [0.4, 0.5) is 0 Å². The smallest absolute Gasteiger partial charge is 0.307 e. The molecule has 0 amide bonds. The molecule has 0 saturated carbocycles. The Morgan fingerprint density at radius 2 is 1.94 bits per heavy atom. The second-order valence-electron chi connectivity index (χ2n) is 4.09. The fourth-order valence-electron chi connectivity index (χ4n) is 1.32. The van der Waals surface area contributed by atoms with E-state index in [1.165, 1.54) is 0 Å². The fraction of sp³-hybridized carbons (Fsp3) is 0.833. The highest BCUT2D eigenvalue weighted by Crippen LogP contribution is 2.14. The van der Waals surface area contributed by atoms with Gasteiger partial charge in [0.1, 0.15) is 0 Å². The standard InChI is InChI=1S/C12H22O4/c1-4-6-7-10(12(14)15)8-11(13)16-9(3)5-2/h9-10H,4-8H2,1-3H3,(H,14,15). The highest BCUT2D eigenvalue weighted by atomic mass is 16.5. The number of unbranched alkanes of at least 4 members (excludes halogenated alkanes) is 1. The molecule has 0 saturated heterocycles. The Morgan fingerprint density at radius 3 is 2.38 bits per heavy atom. The average molecular weight is 230 g/mol. The van der Waals surface area contributed by atoms with Crippen LogP contribution in [0.5, 0.6) is 0 Å². The molecule has 0 radical (unpaired) electrons. The molecule has 94 valence electrons. The van der Waals surface area contributed by atoms with Gasteiger partial charge in [0, 0.05) is 0 Å². The molecule has 4 heteroatoms. The Morgan fingerprint density at radius 1 is 1.31 bits per heavy atom. The summed E-state index contributed by atoms with van der Waals surface area (Å²) in [5.41, 5.74) is 0. The first-order valence-electron chi connectivity index (χ1n) is 5.93. The predicted molar refractivity (Wildman–Crippen MR) is 61.1 cm³/mol. The number of carbonyl (C=O) groups excluding carboxylic acids is 1. The van der Waals surface area contributed by atoms with Crippen LogP contribution in [0.15, 0.2) is 0 Å². The first-order valence-corrected chi connectivity index (χ1v) is 5.93. The van der Waals surface area contributed by atoms with Gasteiger partial charge in [0.15, 0.2) is 0 Å². The Bertz CT molecular complexity index is 225. The minimum atomic E-state index is -0.908. The zero-order valence-electron chi connectivity index (χ0n) is 10.4. The van der Waals surface area contributed by atoms with Crippen molar-refractivity contribution in [2.24, 2.45) is 5.92 Å². The number of carboxylic acids is 1. The van der Waals surface area contributed by atoms with Crippen LogP contribution in [0, 0.1) is 5.92 Å². The lowest BCUT2D eigenvalue weighted by molar-refractivity contribution is -0.155. The van der Waals surface area contributed by atoms with E-state index in [0.29, 0.717) is 6.42 Å². The van der Waals surface area contributed by atoms with E-state index in [1.54, 1.807) is 6.92 Å². The van der Waals surface area contributed by atoms with Crippen molar-refractivity contribution in [1.82, 2.24) is 0 Å². The molecule has 0 aromatic rings. The Kier molecular flexibility index (Phi) is 7.60. The summed E-state index contributed by atoms with van der Waals surface area (Å²) in [6.07, 6.45) is 2.91. The van der Waals surface area contributed by atoms with Crippen LogP contribution < -0.4 is 0 Å². The molecule has 0 aliphatic carbocycles. The third-order valence-electron chi connectivity index (χ3n) is 2.58. The first kappa shape index (κ1) is 14.9. The van der Waals surface area contributed by atoms with E-state index in [-0.39, 0.29) is 12.5 Å². The van der Waals surface area contributed by atoms with Gasteiger partial charge in [-0.25, -0.2) is 0 Å². The summed E-state index contributed by atoms with van der Waals surface area (Å²) in [4.78, 5) is 22.3. The minimum absolute atomic E-state index is 0.0142. The average Bonchev–Trinajstić information content (AvgIpc) is 2.23. The van der Waals surface area contributed by atoms with E-state index in [9.17, 15) is 9.59 Å². The van der Waals surface area contributed by atoms with E-state index >= 15 is 0 Å². The molecule has 0 aliphatic heterocycles. The van der Waals surface area contributed by atoms with Gasteiger partial charge in [0.2, 0.25) is 0 Å². The van der Waals surface area contributed by atoms with Crippen LogP contribution in [-0.4, -0.2) is 23.1 Å². The molecule has 4 nitrogen and oxygen atoms in total. The van der Waals surface area contributed by atoms with Gasteiger partial charge >= 0.3 is 11.9 Å². The maximum absolute atomic E-state index is 11.4. The number of carbonyl (C=O) groups is 2. The zero-order chi connectivity index (χ0) is 12.6. The van der Waals surface area contributed by atoms with E-state index in [4.69, 9.17) is 9.84 Å². The number of rotatable bonds is 8. The SMILES string of the molecule is CCCCC(CC(=O)OC(C)CC)C(=O)O. The molecular formula is C12H22O4. The summed E-state index contributed by atoms with van der Waals surface area (Å²) in [5, 5.41) is 8.93. The highest BCUT2D eigenvalue weighted by molar-refractivity contribution is 5.78. The molecule has 0 heterocycles. The van der Waals surface area contributed by atoms with Crippen molar-refractivity contribution in [2.45, 2.75) is 59.0 Å². The number of carboxylic acid groups (broad SMARTS) is 1. The lowest BCUT2D eigenvalue weighted by Crippen LogP contribution is -2.22. The first-order chi connectivity index (χ1) is 7.51. The number of aliphatic carboxylic acids is 1. The quantitative estimate of drug-likeness (QED) is 0.651. The van der Waals surface area contributed by atoms with Gasteiger partial charge in [0.25, 0.3) is 0 Å². The number of hydrogen-bond donors (Lipinski definition) is 1. The van der Waals surface area contributed by atoms with Gasteiger partial charge in [-0.15, -0.1) is 0 Å². The lowest BCUT2D eigenvalue weighted by atomic mass is 9.99. The van der Waals surface area contributed by atoms with Crippen molar-refractivity contribution in [3.63, 3.8) is 0 Å². The van der Waals surface area contributed by atoms with Gasteiger partial charge in [-0.2, -0.15) is 0 Å². The van der Waals surface area contributed by atoms with Gasteiger partial charge < -0.3 is 9.84 Å². The lowest BCUT2D eigenvalue weighted by Gasteiger charge is -2.14. The molecule has 1 N–H and O–H groups in total. The Labute approximate surface area is 97.0 Å². The largest absolute Gasteiger partial charge is 0.481 e. The second-order valence-corrected chi connectivity index (χ2v) is 4.09. The summed E-state index contributed by atoms with van der Waals surface area (Å²) >= 11 is 0. The van der Waals surface area contributed by atoms with Crippen molar-refractivity contribution in [3.05, 3.63) is 0 Å². The van der Waals surface area contributed by atoms with Gasteiger partial charge in [-0.05, 0) is 19.8 Å². The molecule has 0 aromatic carbocycles. The van der Waals surface area contributed by atoms with Crippen molar-refractivity contribution in [2.75, 3.05) is 0 Å². The number of esters is 1. The zero-order valence-corrected chi connectivity index (χ0v) is 10.4. The summed E-state index contributed by atoms with van der Waals surface area (Å²) in [6, 6.07) is 0. The monoisotopic (exact) mass is 230 g/mol. The van der Waals surface area contributed by atoms with Crippen molar-refractivity contribution < 1.29 is 19.4 Å². The minimum Gasteiger partial charge on any atom is -0.481 e. The second kappa shape index (κ2) is 8.13. The molecule has 2 unspecified atom stereocenters. The summed E-state index contributed by atoms with van der Waals surface area (Å²) in [6.45, 7) is 5.72. The molecule has 0 spiro atoms. The fourth-order valence-corrected chi connectivity index (χ4v) is 1.32. The van der Waals surface area contributed by atoms with Crippen LogP contribution in [-0.2, 0) is 14.3 Å². The predicted octanol–water partition coefficient (Wildman–Crippen LogP) is 2.61. The Balaban J connectivity index is 4.07. The highest BCUT2D eigenvalue weighted by Gasteiger charge is 2.22. The maximum atomic E-state index is 11.4. The molecular weight excluding hydrogens is 208 g/mol. The Hall–Kier alpha value is -1.06. The van der Waals surface area contributed by atoms with Crippen molar-refractivity contribution in [3.8, 4) is 0 Å². The maximum Gasteiger partial charge on any atom is 0.307 e. The molecule has 16 heavy (non-hydrogen) atoms. The number of hydrogen-bond acceptors (Lipinski definition) is 3. The molecule has 0 bridgehead atoms. The molecule has 0 fully saturated rings. The molecule has 2 atom stereocenters. The van der Waals surface area contributed by atoms with Crippen LogP contribution in [0.2, 0.25) is 0 Å². The molecule has 0 aromatic heterocycles. The van der Waals surface area contributed by atoms with Crippen LogP contribution in [0.3, 0.4) is 0 Å². The summed E-state index contributed by atoms with van der Waals surface area (Å²) in [7, 11) is 0. The van der Waals surface area contributed by atoms with Gasteiger partial charge in [-0.3, -0.25) is 9.59 Å². The van der Waals surface area contributed by atoms with Crippen molar-refractivity contribution >= 4 is 11.9 Å². The van der Waals surface area contributed by atoms with E-state index < -0.39 is 17.9 Å². The molecule has 0 aliphatic rings. The van der Waals surface area contributed by atoms with E-state index in [2.05, 4.69) is 0 Å². The van der Waals surface area contributed by atoms with Crippen LogP contribution in [0.25, 0.3) is 0 Å². The third-order valence-corrected chi connectivity index (χ3v) is 2.58. The van der Waals surface area contributed by atoms with Crippen LogP contribution >= 0.6 is 0 Å².